The third kappa shape index (κ3) is 3.37. The quantitative estimate of drug-likeness (QED) is 0.553. The summed E-state index contributed by atoms with van der Waals surface area (Å²) in [6.45, 7) is 0. The molecule has 7 heteroatoms. The molecule has 0 atom stereocenters. The van der Waals surface area contributed by atoms with Crippen molar-refractivity contribution in [2.45, 2.75) is 0 Å². The number of benzene rings is 2. The first-order chi connectivity index (χ1) is 13.7. The van der Waals surface area contributed by atoms with Gasteiger partial charge in [0.1, 0.15) is 11.5 Å². The summed E-state index contributed by atoms with van der Waals surface area (Å²) in [7, 11) is 3.07. The number of nitrogens with zero attached hydrogens (tertiary/aromatic N) is 2. The van der Waals surface area contributed by atoms with Gasteiger partial charge >= 0.3 is 0 Å². The second-order valence-electron chi connectivity index (χ2n) is 6.03. The van der Waals surface area contributed by atoms with Crippen molar-refractivity contribution < 1.29 is 14.3 Å². The molecule has 0 radical (unpaired) electrons. The molecule has 2 aromatic heterocycles. The van der Waals surface area contributed by atoms with Gasteiger partial charge in [0.25, 0.3) is 5.91 Å². The Labute approximate surface area is 161 Å². The van der Waals surface area contributed by atoms with Crippen LogP contribution in [-0.2, 0) is 0 Å². The number of nitrogens with one attached hydrogen (secondary N) is 2. The number of carbonyl (C=O) groups excluding carboxylic acids is 1. The van der Waals surface area contributed by atoms with Gasteiger partial charge < -0.3 is 19.8 Å². The summed E-state index contributed by atoms with van der Waals surface area (Å²) in [5.74, 6) is 1.82. The van der Waals surface area contributed by atoms with Gasteiger partial charge in [-0.3, -0.25) is 4.79 Å². The van der Waals surface area contributed by atoms with E-state index < -0.39 is 0 Å². The van der Waals surface area contributed by atoms with Crippen LogP contribution in [0, 0.1) is 0 Å². The fourth-order valence-electron chi connectivity index (χ4n) is 2.88. The predicted octanol–water partition coefficient (Wildman–Crippen LogP) is 3.89. The number of ether oxygens (including phenoxy) is 2. The minimum atomic E-state index is -0.296. The Hall–Kier alpha value is -3.87. The standard InChI is InChI=1S/C21H18N4O3/c1-27-17-11-10-13(12-18(17)28-2)21(26)25-19-9-5-8-16(22-19)20-23-14-6-3-4-7-15(14)24-20/h3-12H,1-2H3,(H,23,24)(H,22,25,26). The second-order valence-corrected chi connectivity index (χ2v) is 6.03. The number of pyridine rings is 1. The summed E-state index contributed by atoms with van der Waals surface area (Å²) in [5, 5.41) is 2.80. The fourth-order valence-corrected chi connectivity index (χ4v) is 2.88. The number of imidazole rings is 1. The molecule has 28 heavy (non-hydrogen) atoms. The molecule has 0 unspecified atom stereocenters. The first-order valence-electron chi connectivity index (χ1n) is 8.63. The number of hydrogen-bond acceptors (Lipinski definition) is 5. The lowest BCUT2D eigenvalue weighted by atomic mass is 10.2. The molecule has 140 valence electrons. The molecule has 0 aliphatic heterocycles. The van der Waals surface area contributed by atoms with Crippen molar-refractivity contribution in [1.29, 1.82) is 0 Å². The monoisotopic (exact) mass is 374 g/mol. The SMILES string of the molecule is COc1ccc(C(=O)Nc2cccc(-c3nc4ccccc4[nH]3)n2)cc1OC. The number of H-pyrrole nitrogens is 1. The Morgan fingerprint density at radius 1 is 0.929 bits per heavy atom. The summed E-state index contributed by atoms with van der Waals surface area (Å²) in [6, 6.07) is 18.1. The molecule has 2 heterocycles. The van der Waals surface area contributed by atoms with Crippen LogP contribution in [0.5, 0.6) is 11.5 Å². The lowest BCUT2D eigenvalue weighted by Gasteiger charge is -2.10. The third-order valence-electron chi connectivity index (χ3n) is 4.27. The molecule has 2 N–H and O–H groups in total. The normalized spacial score (nSPS) is 10.6. The van der Waals surface area contributed by atoms with Gasteiger partial charge in [0.05, 0.1) is 25.3 Å². The summed E-state index contributed by atoms with van der Waals surface area (Å²) >= 11 is 0. The van der Waals surface area contributed by atoms with Crippen LogP contribution in [0.1, 0.15) is 10.4 Å². The fraction of sp³-hybridized carbons (Fsp3) is 0.0952. The molecule has 1 amide bonds. The highest BCUT2D eigenvalue weighted by molar-refractivity contribution is 6.04. The topological polar surface area (TPSA) is 89.1 Å². The van der Waals surface area contributed by atoms with Crippen molar-refractivity contribution in [2.24, 2.45) is 0 Å². The number of hydrogen-bond donors (Lipinski definition) is 2. The summed E-state index contributed by atoms with van der Waals surface area (Å²) < 4.78 is 10.4. The maximum absolute atomic E-state index is 12.6. The number of rotatable bonds is 5. The molecular weight excluding hydrogens is 356 g/mol. The van der Waals surface area contributed by atoms with Crippen molar-refractivity contribution in [2.75, 3.05) is 19.5 Å². The smallest absolute Gasteiger partial charge is 0.256 e. The number of carbonyl (C=O) groups is 1. The number of methoxy groups -OCH3 is 2. The largest absolute Gasteiger partial charge is 0.493 e. The van der Waals surface area contributed by atoms with Crippen molar-refractivity contribution in [3.05, 3.63) is 66.2 Å². The lowest BCUT2D eigenvalue weighted by molar-refractivity contribution is 0.102. The second kappa shape index (κ2) is 7.40. The number of aromatic nitrogens is 3. The van der Waals surface area contributed by atoms with E-state index >= 15 is 0 Å². The van der Waals surface area contributed by atoms with E-state index in [1.165, 1.54) is 7.11 Å². The number of amides is 1. The van der Waals surface area contributed by atoms with Gasteiger partial charge in [-0.05, 0) is 42.5 Å². The van der Waals surface area contributed by atoms with Crippen LogP contribution in [0.15, 0.2) is 60.7 Å². The van der Waals surface area contributed by atoms with E-state index in [0.717, 1.165) is 11.0 Å². The van der Waals surface area contributed by atoms with Crippen molar-refractivity contribution in [3.8, 4) is 23.0 Å². The van der Waals surface area contributed by atoms with Crippen LogP contribution in [0.4, 0.5) is 5.82 Å². The van der Waals surface area contributed by atoms with Crippen LogP contribution in [0.3, 0.4) is 0 Å². The van der Waals surface area contributed by atoms with Crippen molar-refractivity contribution >= 4 is 22.8 Å². The Balaban J connectivity index is 1.59. The van der Waals surface area contributed by atoms with E-state index in [9.17, 15) is 4.79 Å². The molecular formula is C21H18N4O3. The first kappa shape index (κ1) is 17.5. The zero-order chi connectivity index (χ0) is 19.5. The zero-order valence-electron chi connectivity index (χ0n) is 15.4. The Morgan fingerprint density at radius 3 is 2.54 bits per heavy atom. The highest BCUT2D eigenvalue weighted by Crippen LogP contribution is 2.28. The first-order valence-corrected chi connectivity index (χ1v) is 8.63. The van der Waals surface area contributed by atoms with Crippen molar-refractivity contribution in [3.63, 3.8) is 0 Å². The molecule has 0 bridgehead atoms. The predicted molar refractivity (Wildman–Crippen MR) is 107 cm³/mol. The van der Waals surface area contributed by atoms with Gasteiger partial charge in [-0.15, -0.1) is 0 Å². The molecule has 0 fully saturated rings. The van der Waals surface area contributed by atoms with Crippen LogP contribution in [-0.4, -0.2) is 35.1 Å². The number of anilines is 1. The summed E-state index contributed by atoms with van der Waals surface area (Å²) in [5.41, 5.74) is 2.87. The Kier molecular flexibility index (Phi) is 4.63. The molecule has 4 rings (SSSR count). The molecule has 4 aromatic rings. The van der Waals surface area contributed by atoms with Gasteiger partial charge in [0.15, 0.2) is 17.3 Å². The molecule has 2 aromatic carbocycles. The number of aromatic amines is 1. The molecule has 0 spiro atoms. The highest BCUT2D eigenvalue weighted by atomic mass is 16.5. The average Bonchev–Trinajstić information content (AvgIpc) is 3.17. The third-order valence-corrected chi connectivity index (χ3v) is 4.27. The molecule has 0 saturated heterocycles. The molecule has 7 nitrogen and oxygen atoms in total. The summed E-state index contributed by atoms with van der Waals surface area (Å²) in [6.07, 6.45) is 0. The van der Waals surface area contributed by atoms with Crippen LogP contribution >= 0.6 is 0 Å². The minimum Gasteiger partial charge on any atom is -0.493 e. The average molecular weight is 374 g/mol. The van der Waals surface area contributed by atoms with E-state index in [-0.39, 0.29) is 5.91 Å². The Morgan fingerprint density at radius 2 is 1.75 bits per heavy atom. The van der Waals surface area contributed by atoms with Gasteiger partial charge in [-0.2, -0.15) is 0 Å². The zero-order valence-corrected chi connectivity index (χ0v) is 15.4. The molecule has 0 aliphatic rings. The minimum absolute atomic E-state index is 0.296. The lowest BCUT2D eigenvalue weighted by Crippen LogP contribution is -2.13. The van der Waals surface area contributed by atoms with Gasteiger partial charge in [-0.25, -0.2) is 9.97 Å². The van der Waals surface area contributed by atoms with Gasteiger partial charge in [0, 0.05) is 5.56 Å². The highest BCUT2D eigenvalue weighted by Gasteiger charge is 2.13. The molecule has 0 saturated carbocycles. The number of fused-ring (bicyclic) bond motifs is 1. The van der Waals surface area contributed by atoms with E-state index in [1.54, 1.807) is 31.4 Å². The van der Waals surface area contributed by atoms with E-state index in [2.05, 4.69) is 20.3 Å². The van der Waals surface area contributed by atoms with Gasteiger partial charge in [-0.1, -0.05) is 18.2 Å². The van der Waals surface area contributed by atoms with E-state index in [0.29, 0.717) is 34.4 Å². The maximum Gasteiger partial charge on any atom is 0.256 e. The van der Waals surface area contributed by atoms with Crippen LogP contribution < -0.4 is 14.8 Å². The van der Waals surface area contributed by atoms with Crippen LogP contribution in [0.2, 0.25) is 0 Å². The van der Waals surface area contributed by atoms with Crippen molar-refractivity contribution in [1.82, 2.24) is 15.0 Å². The Bertz CT molecular complexity index is 1120. The van der Waals surface area contributed by atoms with E-state index in [4.69, 9.17) is 9.47 Å². The summed E-state index contributed by atoms with van der Waals surface area (Å²) in [4.78, 5) is 24.9. The van der Waals surface area contributed by atoms with E-state index in [1.807, 2.05) is 36.4 Å². The molecule has 0 aliphatic carbocycles. The van der Waals surface area contributed by atoms with Gasteiger partial charge in [0.2, 0.25) is 0 Å². The van der Waals surface area contributed by atoms with Crippen LogP contribution in [0.25, 0.3) is 22.6 Å². The maximum atomic E-state index is 12.6. The number of para-hydroxylation sites is 2.